The van der Waals surface area contributed by atoms with E-state index in [9.17, 15) is 80.1 Å². The molecule has 0 unspecified atom stereocenters. The van der Waals surface area contributed by atoms with Crippen molar-refractivity contribution < 1.29 is 305 Å². The van der Waals surface area contributed by atoms with Crippen LogP contribution >= 0.6 is 0 Å². The van der Waals surface area contributed by atoms with Gasteiger partial charge in [-0.15, -0.1) is 59.9 Å². The van der Waals surface area contributed by atoms with Gasteiger partial charge in [-0.2, -0.15) is 0 Å². The first-order valence-corrected chi connectivity index (χ1v) is 31.8. The van der Waals surface area contributed by atoms with Crippen LogP contribution in [0.1, 0.15) is 176 Å². The number of hydrogen-bond donors (Lipinski definition) is 0. The molecule has 0 aromatic carbocycles. The van der Waals surface area contributed by atoms with Gasteiger partial charge in [0.25, 0.3) is 22.2 Å². The second-order valence-electron chi connectivity index (χ2n) is 24.4. The number of carbonyl (C=O) groups is 4. The molecule has 60 heteroatoms. The number of pyridine rings is 4. The molecule has 4 aromatic rings. The van der Waals surface area contributed by atoms with Gasteiger partial charge >= 0.3 is 91.6 Å². The molecule has 0 bridgehead atoms. The monoisotopic (exact) mass is 1900 g/mol. The Morgan fingerprint density at radius 3 is 0.455 bits per heavy atom. The first kappa shape index (κ1) is 131. The number of carboxylic acid groups (broad SMARTS) is 4. The Morgan fingerprint density at radius 2 is 0.375 bits per heavy atom. The van der Waals surface area contributed by atoms with Crippen LogP contribution in [0, 0.1) is 81.4 Å². The van der Waals surface area contributed by atoms with Crippen LogP contribution in [0.2, 0.25) is 0 Å². The van der Waals surface area contributed by atoms with E-state index in [4.69, 9.17) is 74.5 Å². The van der Waals surface area contributed by atoms with Gasteiger partial charge in [-0.05, 0) is 48.5 Å². The fourth-order valence-electron chi connectivity index (χ4n) is 7.96. The molecular weight excluding hydrogens is 1830 g/mol. The first-order chi connectivity index (χ1) is 44.4. The number of nitroso groups, excluding NO2 is 4. The third-order valence-corrected chi connectivity index (χ3v) is 16.3. The molecule has 8 heterocycles. The van der Waals surface area contributed by atoms with Crippen LogP contribution in [-0.2, 0) is 90.2 Å². The zero-order valence-corrected chi connectivity index (χ0v) is 67.2. The van der Waals surface area contributed by atoms with Gasteiger partial charge in [0.2, 0.25) is 44.9 Å². The average Bonchev–Trinajstić information content (AvgIpc) is 1.60. The molecule has 4 aliphatic rings. The smallest absolute Gasteiger partial charge is 0.618 e. The molecule has 112 heavy (non-hydrogen) atoms. The van der Waals surface area contributed by atoms with E-state index >= 15 is 0 Å². The minimum Gasteiger partial charge on any atom is -0.618 e. The Kier molecular flexibility index (Phi) is 55.3. The van der Waals surface area contributed by atoms with E-state index in [1.54, 1.807) is 111 Å². The minimum atomic E-state index is -4.94. The van der Waals surface area contributed by atoms with Gasteiger partial charge < -0.3 is 104 Å². The fourth-order valence-corrected chi connectivity index (χ4v) is 7.96. The molecule has 0 radical (unpaired) electrons. The molecule has 0 amide bonds. The number of carboxylic acids is 4. The van der Waals surface area contributed by atoms with Crippen molar-refractivity contribution in [2.24, 2.45) is 0 Å². The maximum Gasteiger partial charge on any atom is 1.00 e. The predicted molar refractivity (Wildman–Crippen MR) is 306 cm³/mol. The Morgan fingerprint density at radius 1 is 0.268 bits per heavy atom. The van der Waals surface area contributed by atoms with Crippen molar-refractivity contribution in [2.75, 3.05) is 0 Å². The standard InChI is InChI=1S/4C13H15N3O4.4ClHO4.4Cu.8H2O/c4*1-12(2)13(3,4)16(20)10(15(12)19)8-6-5-7-9(14-8)11(17)18;4*2-1(3,4)5;;;;;;;;;;;;/h4*5-7H,1-4H3;4*(H,2,3,4,5);;;;;8*1H2/q;;;;;;;;4*+1;;;;;;;;. The van der Waals surface area contributed by atoms with Crippen LogP contribution in [0.5, 0.6) is 0 Å². The van der Waals surface area contributed by atoms with Crippen molar-refractivity contribution in [3.05, 3.63) is 159 Å². The Hall–Kier alpha value is -6.96. The summed E-state index contributed by atoms with van der Waals surface area (Å²) in [5.41, 5.74) is -8.94. The molecule has 0 spiro atoms. The van der Waals surface area contributed by atoms with Crippen LogP contribution in [0.15, 0.2) is 72.8 Å². The van der Waals surface area contributed by atoms with Crippen molar-refractivity contribution in [3.63, 3.8) is 0 Å². The van der Waals surface area contributed by atoms with Gasteiger partial charge in [-0.25, -0.2) is 94.5 Å². The van der Waals surface area contributed by atoms with Crippen LogP contribution < -0.4 is 95.0 Å². The second kappa shape index (κ2) is 47.2. The molecule has 4 aromatic heterocycles. The molecule has 0 saturated heterocycles. The number of amidine groups is 4. The van der Waals surface area contributed by atoms with E-state index in [-0.39, 0.29) is 181 Å². The third kappa shape index (κ3) is 32.7. The summed E-state index contributed by atoms with van der Waals surface area (Å²) in [6.07, 6.45) is 0. The number of halogens is 4. The Bertz CT molecular complexity index is 3470. The number of rotatable bonds is 8. The Labute approximate surface area is 682 Å². The molecule has 8 rings (SSSR count). The van der Waals surface area contributed by atoms with Gasteiger partial charge in [0.15, 0.2) is 0 Å². The zero-order valence-electron chi connectivity index (χ0n) is 60.4. The molecule has 0 fully saturated rings. The van der Waals surface area contributed by atoms with Gasteiger partial charge in [-0.1, -0.05) is 24.3 Å². The average molecular weight is 1910 g/mol. The van der Waals surface area contributed by atoms with Gasteiger partial charge in [-0.3, -0.25) is 0 Å². The van der Waals surface area contributed by atoms with Crippen molar-refractivity contribution in [2.45, 2.75) is 155 Å². The van der Waals surface area contributed by atoms with Gasteiger partial charge in [0.1, 0.15) is 19.0 Å². The Balaban J connectivity index is -0.000000106. The summed E-state index contributed by atoms with van der Waals surface area (Å²) in [5, 5.41) is 92.8. The van der Waals surface area contributed by atoms with Crippen molar-refractivity contribution in [1.82, 2.24) is 19.9 Å². The molecule has 0 saturated carbocycles. The molecule has 4 aliphatic heterocycles. The number of aromatic nitrogens is 4. The molecule has 0 atom stereocenters. The van der Waals surface area contributed by atoms with Crippen LogP contribution in [0.4, 0.5) is 0 Å². The minimum absolute atomic E-state index is 0. The third-order valence-electron chi connectivity index (χ3n) is 16.3. The first-order valence-electron chi connectivity index (χ1n) is 26.9. The van der Waals surface area contributed by atoms with E-state index in [2.05, 4.69) is 19.9 Å². The maximum absolute atomic E-state index is 12.4. The van der Waals surface area contributed by atoms with Crippen molar-refractivity contribution >= 4 is 47.2 Å². The van der Waals surface area contributed by atoms with E-state index in [0.29, 0.717) is 38.0 Å². The number of nitrogens with zero attached hydrogens (tertiary/aromatic N) is 12. The van der Waals surface area contributed by atoms with Gasteiger partial charge in [0, 0.05) is 130 Å². The maximum atomic E-state index is 12.4. The summed E-state index contributed by atoms with van der Waals surface area (Å²) >= 11 is 0. The zero-order chi connectivity index (χ0) is 79.2. The normalized spacial score (nSPS) is 16.6. The second-order valence-corrected chi connectivity index (χ2v) is 27.4. The SMILES string of the molecule is CC1(C)[N+](=O)C(c2cccc(C(=O)[O-])n2)=[N+]([O-])C1(C)C.CC1(C)[N+](=O)C(c2cccc(C(=O)[O-])n2)=[N+]([O-])C1(C)C.CC1(C)[N+](=O)C(c2cccc(C(=O)[O-])n2)=[N+]([O-])C1(C)C.CC1(C)[N+](=O)C(c2cccc(C(=O)[O-])n2)=[N+]([O-])C1(C)C.O.O.O.O.[Cu+].[Cu+].[Cu+].[Cu+].[O-][Cl+3]([O-])([O-])[O-].[O-][Cl+3]([O-])([O-])[O-].[O-][Cl+3]([O-])([O-])[O-].[O-][Cl+3]([O-])([O-])[O-].[OH3+].[OH3+].[OH3+].[OH3+]. The van der Waals surface area contributed by atoms with Crippen LogP contribution in [0.25, 0.3) is 0 Å². The van der Waals surface area contributed by atoms with E-state index < -0.39 is 109 Å². The molecule has 20 N–H and O–H groups in total. The van der Waals surface area contributed by atoms with Crippen molar-refractivity contribution in [3.8, 4) is 0 Å². The van der Waals surface area contributed by atoms with Crippen molar-refractivity contribution in [1.29, 1.82) is 0 Å². The van der Waals surface area contributed by atoms with Gasteiger partial charge in [0.05, 0.1) is 46.7 Å². The summed E-state index contributed by atoms with van der Waals surface area (Å²) < 4.78 is 141. The molecule has 656 valence electrons. The summed E-state index contributed by atoms with van der Waals surface area (Å²) in [6, 6.07) is 16.4. The van der Waals surface area contributed by atoms with E-state index in [1.165, 1.54) is 72.8 Å². The van der Waals surface area contributed by atoms with Crippen LogP contribution in [0.3, 0.4) is 0 Å². The number of hydroxylamine groups is 4. The number of hydrogen-bond acceptors (Lipinski definition) is 36. The summed E-state index contributed by atoms with van der Waals surface area (Å²) in [5.74, 6) is -6.60. The van der Waals surface area contributed by atoms with E-state index in [0.717, 1.165) is 0 Å². The summed E-state index contributed by atoms with van der Waals surface area (Å²) in [4.78, 5) is 108. The number of carbonyl (C=O) groups excluding carboxylic acids is 4. The molecule has 52 nitrogen and oxygen atoms in total. The topological polar surface area (TPSA) is 1020 Å². The fraction of sp³-hybridized carbons (Fsp3) is 0.462. The van der Waals surface area contributed by atoms with Crippen LogP contribution in [-0.4, -0.2) is 171 Å². The molecular formula is C52H80Cl4Cu4N12O40+4. The van der Waals surface area contributed by atoms with E-state index in [1.807, 2.05) is 0 Å². The molecule has 0 aliphatic carbocycles. The number of aromatic carboxylic acids is 4. The summed E-state index contributed by atoms with van der Waals surface area (Å²) in [6.45, 7) is 26.5. The quantitative estimate of drug-likeness (QED) is 0.0684. The largest absolute Gasteiger partial charge is 1.00 e. The summed E-state index contributed by atoms with van der Waals surface area (Å²) in [7, 11) is -19.8. The predicted octanol–water partition coefficient (Wildman–Crippen LogP) is -25.8.